The Morgan fingerprint density at radius 3 is 2.56 bits per heavy atom. The Labute approximate surface area is 98.1 Å². The van der Waals surface area contributed by atoms with Crippen molar-refractivity contribution >= 4 is 0 Å². The second-order valence-corrected chi connectivity index (χ2v) is 4.69. The molecule has 0 spiro atoms. The highest BCUT2D eigenvalue weighted by Crippen LogP contribution is 2.02. The highest BCUT2D eigenvalue weighted by atomic mass is 15.1. The maximum absolute atomic E-state index is 4.53. The Balaban J connectivity index is 2.73. The lowest BCUT2D eigenvalue weighted by molar-refractivity contribution is 0.388. The molecule has 4 nitrogen and oxygen atoms in total. The SMILES string of the molecule is Cc1cc(CNC(C)C)nc(CN(C)C)n1. The maximum Gasteiger partial charge on any atom is 0.142 e. The Morgan fingerprint density at radius 2 is 2.00 bits per heavy atom. The molecule has 0 aliphatic heterocycles. The number of aromatic nitrogens is 2. The van der Waals surface area contributed by atoms with Gasteiger partial charge in [0.15, 0.2) is 0 Å². The van der Waals surface area contributed by atoms with Crippen LogP contribution in [0.4, 0.5) is 0 Å². The van der Waals surface area contributed by atoms with Crippen LogP contribution in [0.5, 0.6) is 0 Å². The standard InChI is InChI=1S/C12H22N4/c1-9(2)13-7-11-6-10(3)14-12(15-11)8-16(4)5/h6,9,13H,7-8H2,1-5H3. The molecule has 0 saturated carbocycles. The largest absolute Gasteiger partial charge is 0.309 e. The summed E-state index contributed by atoms with van der Waals surface area (Å²) >= 11 is 0. The maximum atomic E-state index is 4.53. The van der Waals surface area contributed by atoms with E-state index in [2.05, 4.69) is 34.0 Å². The van der Waals surface area contributed by atoms with Crippen molar-refractivity contribution in [1.82, 2.24) is 20.2 Å². The van der Waals surface area contributed by atoms with E-state index in [0.717, 1.165) is 30.3 Å². The van der Waals surface area contributed by atoms with E-state index in [4.69, 9.17) is 0 Å². The summed E-state index contributed by atoms with van der Waals surface area (Å²) in [6, 6.07) is 2.52. The number of hydrogen-bond acceptors (Lipinski definition) is 4. The van der Waals surface area contributed by atoms with Gasteiger partial charge in [0.2, 0.25) is 0 Å². The Hall–Kier alpha value is -1.00. The molecule has 0 aromatic carbocycles. The van der Waals surface area contributed by atoms with Crippen LogP contribution < -0.4 is 5.32 Å². The molecule has 4 heteroatoms. The number of rotatable bonds is 5. The van der Waals surface area contributed by atoms with Gasteiger partial charge in [-0.15, -0.1) is 0 Å². The fourth-order valence-electron chi connectivity index (χ4n) is 1.45. The van der Waals surface area contributed by atoms with Crippen LogP contribution in [0, 0.1) is 6.92 Å². The van der Waals surface area contributed by atoms with E-state index >= 15 is 0 Å². The van der Waals surface area contributed by atoms with Crippen molar-refractivity contribution in [1.29, 1.82) is 0 Å². The molecule has 1 heterocycles. The van der Waals surface area contributed by atoms with Crippen molar-refractivity contribution in [2.24, 2.45) is 0 Å². The van der Waals surface area contributed by atoms with Crippen LogP contribution in [0.3, 0.4) is 0 Å². The molecule has 0 saturated heterocycles. The molecular formula is C12H22N4. The first-order chi connectivity index (χ1) is 7.47. The van der Waals surface area contributed by atoms with Crippen molar-refractivity contribution < 1.29 is 0 Å². The van der Waals surface area contributed by atoms with Gasteiger partial charge in [0.25, 0.3) is 0 Å². The normalized spacial score (nSPS) is 11.4. The van der Waals surface area contributed by atoms with Gasteiger partial charge in [0.05, 0.1) is 12.2 Å². The van der Waals surface area contributed by atoms with Gasteiger partial charge in [0.1, 0.15) is 5.82 Å². The van der Waals surface area contributed by atoms with Crippen LogP contribution in [0.2, 0.25) is 0 Å². The minimum atomic E-state index is 0.479. The second kappa shape index (κ2) is 5.92. The highest BCUT2D eigenvalue weighted by Gasteiger charge is 2.04. The zero-order valence-corrected chi connectivity index (χ0v) is 10.9. The van der Waals surface area contributed by atoms with Gasteiger partial charge in [-0.05, 0) is 27.1 Å². The summed E-state index contributed by atoms with van der Waals surface area (Å²) in [6.07, 6.45) is 0. The summed E-state index contributed by atoms with van der Waals surface area (Å²) in [5.74, 6) is 0.894. The molecule has 0 aliphatic carbocycles. The number of aryl methyl sites for hydroxylation is 1. The molecule has 1 aromatic rings. The molecule has 0 unspecified atom stereocenters. The first-order valence-corrected chi connectivity index (χ1v) is 5.69. The van der Waals surface area contributed by atoms with E-state index in [1.807, 2.05) is 27.1 Å². The average Bonchev–Trinajstić information content (AvgIpc) is 2.12. The van der Waals surface area contributed by atoms with Crippen molar-refractivity contribution in [2.45, 2.75) is 39.9 Å². The third-order valence-electron chi connectivity index (χ3n) is 2.10. The molecule has 0 bridgehead atoms. The molecule has 1 aromatic heterocycles. The van der Waals surface area contributed by atoms with Gasteiger partial charge in [0, 0.05) is 18.3 Å². The molecule has 0 radical (unpaired) electrons. The summed E-state index contributed by atoms with van der Waals surface area (Å²) in [5.41, 5.74) is 2.10. The van der Waals surface area contributed by atoms with Crippen molar-refractivity contribution in [3.63, 3.8) is 0 Å². The molecular weight excluding hydrogens is 200 g/mol. The molecule has 0 aliphatic rings. The van der Waals surface area contributed by atoms with Gasteiger partial charge in [-0.2, -0.15) is 0 Å². The fraction of sp³-hybridized carbons (Fsp3) is 0.667. The Morgan fingerprint density at radius 1 is 1.31 bits per heavy atom. The van der Waals surface area contributed by atoms with Gasteiger partial charge < -0.3 is 10.2 Å². The van der Waals surface area contributed by atoms with Gasteiger partial charge in [-0.25, -0.2) is 9.97 Å². The predicted octanol–water partition coefficient (Wildman–Crippen LogP) is 1.34. The fourth-order valence-corrected chi connectivity index (χ4v) is 1.45. The minimum Gasteiger partial charge on any atom is -0.309 e. The molecule has 1 rings (SSSR count). The lowest BCUT2D eigenvalue weighted by Gasteiger charge is -2.12. The van der Waals surface area contributed by atoms with E-state index < -0.39 is 0 Å². The molecule has 0 fully saturated rings. The zero-order chi connectivity index (χ0) is 12.1. The van der Waals surface area contributed by atoms with Gasteiger partial charge in [-0.1, -0.05) is 13.8 Å². The van der Waals surface area contributed by atoms with Crippen LogP contribution in [0.1, 0.15) is 31.1 Å². The Kier molecular flexibility index (Phi) is 4.83. The zero-order valence-electron chi connectivity index (χ0n) is 10.9. The molecule has 90 valence electrons. The quantitative estimate of drug-likeness (QED) is 0.816. The molecule has 16 heavy (non-hydrogen) atoms. The highest BCUT2D eigenvalue weighted by molar-refractivity contribution is 5.10. The van der Waals surface area contributed by atoms with Crippen LogP contribution in [-0.2, 0) is 13.1 Å². The summed E-state index contributed by atoms with van der Waals surface area (Å²) in [5, 5.41) is 3.37. The summed E-state index contributed by atoms with van der Waals surface area (Å²) in [4.78, 5) is 11.0. The summed E-state index contributed by atoms with van der Waals surface area (Å²) < 4.78 is 0. The van der Waals surface area contributed by atoms with Gasteiger partial charge in [-0.3, -0.25) is 0 Å². The van der Waals surface area contributed by atoms with E-state index in [9.17, 15) is 0 Å². The molecule has 1 N–H and O–H groups in total. The van der Waals surface area contributed by atoms with E-state index in [0.29, 0.717) is 6.04 Å². The second-order valence-electron chi connectivity index (χ2n) is 4.69. The topological polar surface area (TPSA) is 41.1 Å². The van der Waals surface area contributed by atoms with E-state index in [1.165, 1.54) is 0 Å². The number of nitrogens with one attached hydrogen (secondary N) is 1. The minimum absolute atomic E-state index is 0.479. The Bertz CT molecular complexity index is 334. The monoisotopic (exact) mass is 222 g/mol. The lowest BCUT2D eigenvalue weighted by Crippen LogP contribution is -2.23. The average molecular weight is 222 g/mol. The van der Waals surface area contributed by atoms with E-state index in [1.54, 1.807) is 0 Å². The first-order valence-electron chi connectivity index (χ1n) is 5.69. The number of hydrogen-bond donors (Lipinski definition) is 1. The molecule has 0 atom stereocenters. The summed E-state index contributed by atoms with van der Waals surface area (Å²) in [7, 11) is 4.05. The van der Waals surface area contributed by atoms with Crippen molar-refractivity contribution in [2.75, 3.05) is 14.1 Å². The third kappa shape index (κ3) is 4.68. The van der Waals surface area contributed by atoms with Crippen LogP contribution in [0.25, 0.3) is 0 Å². The summed E-state index contributed by atoms with van der Waals surface area (Å²) in [6.45, 7) is 7.88. The predicted molar refractivity (Wildman–Crippen MR) is 66.1 cm³/mol. The first kappa shape index (κ1) is 13.1. The smallest absolute Gasteiger partial charge is 0.142 e. The lowest BCUT2D eigenvalue weighted by atomic mass is 10.3. The number of nitrogens with zero attached hydrogens (tertiary/aromatic N) is 3. The van der Waals surface area contributed by atoms with Crippen LogP contribution in [-0.4, -0.2) is 35.0 Å². The van der Waals surface area contributed by atoms with Crippen LogP contribution >= 0.6 is 0 Å². The molecule has 0 amide bonds. The van der Waals surface area contributed by atoms with Crippen molar-refractivity contribution in [3.8, 4) is 0 Å². The third-order valence-corrected chi connectivity index (χ3v) is 2.10. The van der Waals surface area contributed by atoms with Crippen molar-refractivity contribution in [3.05, 3.63) is 23.3 Å². The van der Waals surface area contributed by atoms with Gasteiger partial charge >= 0.3 is 0 Å². The van der Waals surface area contributed by atoms with E-state index in [-0.39, 0.29) is 0 Å². The van der Waals surface area contributed by atoms with Crippen LogP contribution in [0.15, 0.2) is 6.07 Å².